The Hall–Kier alpha value is -1.99. The van der Waals surface area contributed by atoms with E-state index in [2.05, 4.69) is 97.1 Å². The molecule has 0 N–H and O–H groups in total. The molecule has 4 aromatic rings. The van der Waals surface area contributed by atoms with Gasteiger partial charge in [0.2, 0.25) is 0 Å². The minimum absolute atomic E-state index is 0.623. The first-order valence-corrected chi connectivity index (χ1v) is 12.8. The average Bonchev–Trinajstić information content (AvgIpc) is 2.79. The Bertz CT molecular complexity index is 1060. The molecule has 0 spiro atoms. The van der Waals surface area contributed by atoms with Gasteiger partial charge in [-0.15, -0.1) is 23.5 Å². The van der Waals surface area contributed by atoms with Crippen LogP contribution in [0, 0.1) is 0 Å². The van der Waals surface area contributed by atoms with Crippen LogP contribution in [0.5, 0.6) is 0 Å². The monoisotopic (exact) mass is 428 g/mol. The number of hydrogen-bond acceptors (Lipinski definition) is 2. The molecule has 4 aromatic carbocycles. The molecule has 1 heterocycles. The molecule has 29 heavy (non-hydrogen) atoms. The van der Waals surface area contributed by atoms with E-state index in [0.717, 1.165) is 11.5 Å². The van der Waals surface area contributed by atoms with Gasteiger partial charge in [0.1, 0.15) is 0 Å². The summed E-state index contributed by atoms with van der Waals surface area (Å²) in [6.07, 6.45) is 0. The van der Waals surface area contributed by atoms with E-state index in [1.807, 2.05) is 23.5 Å². The lowest BCUT2D eigenvalue weighted by molar-refractivity contribution is 1.41. The van der Waals surface area contributed by atoms with Crippen LogP contribution in [0.4, 0.5) is 0 Å². The number of thioether (sulfide) groups is 2. The van der Waals surface area contributed by atoms with Crippen molar-refractivity contribution < 1.29 is 0 Å². The van der Waals surface area contributed by atoms with Crippen LogP contribution in [0.15, 0.2) is 107 Å². The molecule has 3 heteroatoms. The van der Waals surface area contributed by atoms with Crippen molar-refractivity contribution in [3.8, 4) is 22.3 Å². The summed E-state index contributed by atoms with van der Waals surface area (Å²) in [5.74, 6) is 2.20. The lowest BCUT2D eigenvalue weighted by Crippen LogP contribution is -2.09. The maximum Gasteiger partial charge on any atom is 0.0151 e. The predicted octanol–water partition coefficient (Wildman–Crippen LogP) is 6.85. The number of benzene rings is 4. The molecule has 0 bridgehead atoms. The van der Waals surface area contributed by atoms with Gasteiger partial charge in [-0.25, -0.2) is 0 Å². The van der Waals surface area contributed by atoms with Crippen molar-refractivity contribution in [1.29, 1.82) is 0 Å². The van der Waals surface area contributed by atoms with Gasteiger partial charge in [0, 0.05) is 21.3 Å². The van der Waals surface area contributed by atoms with E-state index in [0.29, 0.717) is 8.58 Å². The van der Waals surface area contributed by atoms with Crippen LogP contribution >= 0.6 is 32.1 Å². The highest BCUT2D eigenvalue weighted by molar-refractivity contribution is 8.03. The third kappa shape index (κ3) is 4.03. The Morgan fingerprint density at radius 1 is 0.448 bits per heavy atom. The Morgan fingerprint density at radius 2 is 0.828 bits per heavy atom. The standard InChI is InChI=1S/C26H21PS2/c1-5-13-23-19(9-1)21-11-3-7-15-25(21)28-17-18-29-26-16-8-4-12-22(26)20-10-2-6-14-24(20)27-23/h1-16,27H,17-18H2. The van der Waals surface area contributed by atoms with Crippen molar-refractivity contribution >= 4 is 42.7 Å². The molecule has 1 aliphatic heterocycles. The van der Waals surface area contributed by atoms with Crippen molar-refractivity contribution in [2.45, 2.75) is 9.79 Å². The molecular weight excluding hydrogens is 407 g/mol. The van der Waals surface area contributed by atoms with E-state index >= 15 is 0 Å². The van der Waals surface area contributed by atoms with Gasteiger partial charge in [0.15, 0.2) is 0 Å². The van der Waals surface area contributed by atoms with E-state index in [4.69, 9.17) is 0 Å². The highest BCUT2D eigenvalue weighted by atomic mass is 32.2. The van der Waals surface area contributed by atoms with Crippen molar-refractivity contribution in [2.24, 2.45) is 0 Å². The fourth-order valence-electron chi connectivity index (χ4n) is 3.73. The fourth-order valence-corrected chi connectivity index (χ4v) is 7.21. The van der Waals surface area contributed by atoms with E-state index in [9.17, 15) is 0 Å². The quantitative estimate of drug-likeness (QED) is 0.281. The highest BCUT2D eigenvalue weighted by Gasteiger charge is 2.15. The molecule has 0 saturated carbocycles. The first-order chi connectivity index (χ1) is 14.4. The normalized spacial score (nSPS) is 13.5. The van der Waals surface area contributed by atoms with E-state index in [1.165, 1.54) is 42.7 Å². The molecule has 0 radical (unpaired) electrons. The van der Waals surface area contributed by atoms with Gasteiger partial charge in [-0.1, -0.05) is 93.5 Å². The summed E-state index contributed by atoms with van der Waals surface area (Å²) in [7, 11) is 0.623. The third-order valence-corrected chi connectivity index (χ3v) is 8.90. The summed E-state index contributed by atoms with van der Waals surface area (Å²) in [5.41, 5.74) is 5.45. The molecular formula is C26H21PS2. The number of fused-ring (bicyclic) bond motifs is 6. The SMILES string of the molecule is c1ccc2c(c1)Pc1ccccc1-c1ccccc1SCCSc1ccccc1-2. The molecule has 0 saturated heterocycles. The second-order valence-corrected chi connectivity index (χ2v) is 10.5. The summed E-state index contributed by atoms with van der Waals surface area (Å²) in [5, 5.41) is 2.83. The molecule has 0 amide bonds. The average molecular weight is 429 g/mol. The summed E-state index contributed by atoms with van der Waals surface area (Å²) in [4.78, 5) is 2.76. The van der Waals surface area contributed by atoms with Crippen molar-refractivity contribution in [2.75, 3.05) is 11.5 Å². The molecule has 0 aromatic heterocycles. The number of hydrogen-bond donors (Lipinski definition) is 0. The van der Waals surface area contributed by atoms with Crippen molar-refractivity contribution in [3.63, 3.8) is 0 Å². The van der Waals surface area contributed by atoms with Crippen LogP contribution in [0.3, 0.4) is 0 Å². The van der Waals surface area contributed by atoms with Crippen LogP contribution < -0.4 is 10.6 Å². The Balaban J connectivity index is 1.71. The lowest BCUT2D eigenvalue weighted by Gasteiger charge is -2.16. The largest absolute Gasteiger partial charge is 0.125 e. The summed E-state index contributed by atoms with van der Waals surface area (Å²) < 4.78 is 0. The maximum absolute atomic E-state index is 2.30. The van der Waals surface area contributed by atoms with Gasteiger partial charge in [0.25, 0.3) is 0 Å². The Kier molecular flexibility index (Phi) is 5.76. The zero-order valence-electron chi connectivity index (χ0n) is 16.0. The van der Waals surface area contributed by atoms with Gasteiger partial charge in [0.05, 0.1) is 0 Å². The zero-order valence-corrected chi connectivity index (χ0v) is 18.6. The smallest absolute Gasteiger partial charge is 0.0151 e. The first-order valence-electron chi connectivity index (χ1n) is 9.79. The lowest BCUT2D eigenvalue weighted by atomic mass is 10.1. The van der Waals surface area contributed by atoms with Gasteiger partial charge in [-0.2, -0.15) is 0 Å². The van der Waals surface area contributed by atoms with Crippen LogP contribution in [-0.2, 0) is 0 Å². The molecule has 0 aliphatic carbocycles. The molecule has 0 nitrogen and oxygen atoms in total. The summed E-state index contributed by atoms with van der Waals surface area (Å²) >= 11 is 3.95. The van der Waals surface area contributed by atoms with E-state index in [1.54, 1.807) is 0 Å². The van der Waals surface area contributed by atoms with E-state index < -0.39 is 0 Å². The highest BCUT2D eigenvalue weighted by Crippen LogP contribution is 2.37. The second kappa shape index (κ2) is 8.79. The van der Waals surface area contributed by atoms with Crippen LogP contribution in [-0.4, -0.2) is 11.5 Å². The van der Waals surface area contributed by atoms with Gasteiger partial charge >= 0.3 is 0 Å². The van der Waals surface area contributed by atoms with Crippen LogP contribution in [0.25, 0.3) is 22.3 Å². The maximum atomic E-state index is 2.30. The minimum atomic E-state index is 0.623. The van der Waals surface area contributed by atoms with Crippen LogP contribution in [0.1, 0.15) is 0 Å². The Labute approximate surface area is 182 Å². The predicted molar refractivity (Wildman–Crippen MR) is 133 cm³/mol. The molecule has 0 fully saturated rings. The molecule has 0 unspecified atom stereocenters. The molecule has 142 valence electrons. The summed E-state index contributed by atoms with van der Waals surface area (Å²) in [6.45, 7) is 0. The first kappa shape index (κ1) is 19.0. The Morgan fingerprint density at radius 3 is 1.31 bits per heavy atom. The minimum Gasteiger partial charge on any atom is -0.125 e. The number of rotatable bonds is 0. The van der Waals surface area contributed by atoms with E-state index in [-0.39, 0.29) is 0 Å². The van der Waals surface area contributed by atoms with Crippen molar-refractivity contribution in [3.05, 3.63) is 97.1 Å². The molecule has 0 atom stereocenters. The second-order valence-electron chi connectivity index (χ2n) is 6.91. The van der Waals surface area contributed by atoms with Gasteiger partial charge < -0.3 is 0 Å². The van der Waals surface area contributed by atoms with Crippen LogP contribution in [0.2, 0.25) is 0 Å². The van der Waals surface area contributed by atoms with Crippen molar-refractivity contribution in [1.82, 2.24) is 0 Å². The molecule has 5 rings (SSSR count). The van der Waals surface area contributed by atoms with Gasteiger partial charge in [-0.05, 0) is 45.0 Å². The van der Waals surface area contributed by atoms with Gasteiger partial charge in [-0.3, -0.25) is 0 Å². The fraction of sp³-hybridized carbons (Fsp3) is 0.0769. The zero-order chi connectivity index (χ0) is 19.5. The third-order valence-electron chi connectivity index (χ3n) is 5.08. The molecule has 1 aliphatic rings. The topological polar surface area (TPSA) is 0 Å². The summed E-state index contributed by atoms with van der Waals surface area (Å²) in [6, 6.07) is 35.6.